The van der Waals surface area contributed by atoms with Crippen LogP contribution in [-0.2, 0) is 9.47 Å². The molecule has 6 nitrogen and oxygen atoms in total. The molecule has 160 valence electrons. The van der Waals surface area contributed by atoms with E-state index in [9.17, 15) is 0 Å². The van der Waals surface area contributed by atoms with Gasteiger partial charge < -0.3 is 20.1 Å². The van der Waals surface area contributed by atoms with Crippen molar-refractivity contribution in [2.45, 2.75) is 25.3 Å². The number of benzene rings is 1. The summed E-state index contributed by atoms with van der Waals surface area (Å²) in [4.78, 5) is 6.86. The van der Waals surface area contributed by atoms with Crippen LogP contribution in [0.3, 0.4) is 0 Å². The number of likely N-dealkylation sites (tertiary alicyclic amines) is 1. The van der Waals surface area contributed by atoms with Crippen LogP contribution >= 0.6 is 35.6 Å². The normalized spacial score (nSPS) is 15.9. The maximum absolute atomic E-state index is 6.22. The van der Waals surface area contributed by atoms with Gasteiger partial charge in [-0.2, -0.15) is 0 Å². The predicted molar refractivity (Wildman–Crippen MR) is 127 cm³/mol. The first-order valence-electron chi connectivity index (χ1n) is 9.75. The monoisotopic (exact) mass is 524 g/mol. The van der Waals surface area contributed by atoms with Gasteiger partial charge in [0, 0.05) is 38.9 Å². The Morgan fingerprint density at radius 3 is 2.68 bits per heavy atom. The van der Waals surface area contributed by atoms with Gasteiger partial charge in [0.05, 0.1) is 19.3 Å². The fourth-order valence-corrected chi connectivity index (χ4v) is 3.46. The number of rotatable bonds is 11. The Hall–Kier alpha value is -0.610. The summed E-state index contributed by atoms with van der Waals surface area (Å²) in [5, 5.41) is 7.61. The van der Waals surface area contributed by atoms with Gasteiger partial charge in [-0.15, -0.1) is 24.0 Å². The zero-order valence-corrected chi connectivity index (χ0v) is 20.0. The number of nitrogens with one attached hydrogen (secondary N) is 2. The Morgan fingerprint density at radius 1 is 1.21 bits per heavy atom. The number of nitrogens with zero attached hydrogens (tertiary/aromatic N) is 2. The number of guanidine groups is 1. The van der Waals surface area contributed by atoms with Crippen LogP contribution in [0.1, 0.15) is 30.9 Å². The number of ether oxygens (including phenoxy) is 2. The second-order valence-electron chi connectivity index (χ2n) is 6.65. The van der Waals surface area contributed by atoms with Crippen LogP contribution in [0.25, 0.3) is 0 Å². The zero-order chi connectivity index (χ0) is 19.3. The molecule has 1 aromatic carbocycles. The first-order chi connectivity index (χ1) is 13.2. The number of methoxy groups -OCH3 is 1. The van der Waals surface area contributed by atoms with Crippen LogP contribution in [0.2, 0.25) is 5.02 Å². The van der Waals surface area contributed by atoms with E-state index in [1.165, 1.54) is 18.4 Å². The SMILES string of the molecule is CN=C(NCCCOCCOC)NCC(c1cccc(Cl)c1)N1CCCC1.I. The standard InChI is InChI=1S/C20H33ClN4O2.HI/c1-22-20(23-9-6-12-27-14-13-26-2)24-16-19(25-10-3-4-11-25)17-7-5-8-18(21)15-17;/h5,7-8,15,19H,3-4,6,9-14,16H2,1-2H3,(H2,22,23,24);1H. The van der Waals surface area contributed by atoms with Gasteiger partial charge in [0.25, 0.3) is 0 Å². The molecule has 1 unspecified atom stereocenters. The van der Waals surface area contributed by atoms with Gasteiger partial charge in [-0.05, 0) is 50.0 Å². The molecule has 2 rings (SSSR count). The molecule has 1 aliphatic heterocycles. The van der Waals surface area contributed by atoms with E-state index in [2.05, 4.69) is 32.7 Å². The maximum Gasteiger partial charge on any atom is 0.191 e. The number of aliphatic imine (C=N–C) groups is 1. The van der Waals surface area contributed by atoms with Crippen molar-refractivity contribution in [1.82, 2.24) is 15.5 Å². The minimum Gasteiger partial charge on any atom is -0.382 e. The Kier molecular flexibility index (Phi) is 13.9. The van der Waals surface area contributed by atoms with Crippen LogP contribution in [0, 0.1) is 0 Å². The van der Waals surface area contributed by atoms with Crippen molar-refractivity contribution < 1.29 is 9.47 Å². The lowest BCUT2D eigenvalue weighted by atomic mass is 10.1. The molecule has 0 aliphatic carbocycles. The summed E-state index contributed by atoms with van der Waals surface area (Å²) in [5.41, 5.74) is 1.25. The van der Waals surface area contributed by atoms with Gasteiger partial charge in [-0.3, -0.25) is 9.89 Å². The second kappa shape index (κ2) is 15.3. The summed E-state index contributed by atoms with van der Waals surface area (Å²) in [7, 11) is 3.48. The molecule has 1 aromatic rings. The van der Waals surface area contributed by atoms with Crippen molar-refractivity contribution in [2.24, 2.45) is 4.99 Å². The van der Waals surface area contributed by atoms with Gasteiger partial charge in [0.2, 0.25) is 0 Å². The van der Waals surface area contributed by atoms with Crippen LogP contribution in [0.4, 0.5) is 0 Å². The quantitative estimate of drug-likeness (QED) is 0.201. The first-order valence-corrected chi connectivity index (χ1v) is 10.1. The molecule has 0 saturated carbocycles. The number of hydrogen-bond donors (Lipinski definition) is 2. The van der Waals surface area contributed by atoms with E-state index >= 15 is 0 Å². The lowest BCUT2D eigenvalue weighted by Gasteiger charge is -2.29. The summed E-state index contributed by atoms with van der Waals surface area (Å²) < 4.78 is 10.4. The Labute approximate surface area is 191 Å². The molecule has 1 aliphatic rings. The topological polar surface area (TPSA) is 58.1 Å². The Balaban J connectivity index is 0.00000392. The van der Waals surface area contributed by atoms with Crippen LogP contribution in [0.15, 0.2) is 29.3 Å². The van der Waals surface area contributed by atoms with E-state index in [1.807, 2.05) is 12.1 Å². The summed E-state index contributed by atoms with van der Waals surface area (Å²) in [5.74, 6) is 0.818. The van der Waals surface area contributed by atoms with Crippen molar-refractivity contribution in [3.05, 3.63) is 34.9 Å². The number of halogens is 2. The van der Waals surface area contributed by atoms with E-state index in [-0.39, 0.29) is 24.0 Å². The molecule has 0 amide bonds. The first kappa shape index (κ1) is 25.4. The molecule has 1 heterocycles. The maximum atomic E-state index is 6.22. The minimum absolute atomic E-state index is 0. The molecule has 28 heavy (non-hydrogen) atoms. The third-order valence-electron chi connectivity index (χ3n) is 4.69. The van der Waals surface area contributed by atoms with Gasteiger partial charge in [0.1, 0.15) is 0 Å². The van der Waals surface area contributed by atoms with Crippen molar-refractivity contribution in [3.8, 4) is 0 Å². The van der Waals surface area contributed by atoms with E-state index in [4.69, 9.17) is 21.1 Å². The summed E-state index contributed by atoms with van der Waals surface area (Å²) in [6.07, 6.45) is 3.44. The van der Waals surface area contributed by atoms with Crippen LogP contribution < -0.4 is 10.6 Å². The van der Waals surface area contributed by atoms with E-state index < -0.39 is 0 Å². The molecule has 1 fully saturated rings. The predicted octanol–water partition coefficient (Wildman–Crippen LogP) is 3.31. The van der Waals surface area contributed by atoms with E-state index in [1.54, 1.807) is 14.2 Å². The van der Waals surface area contributed by atoms with Crippen molar-refractivity contribution in [1.29, 1.82) is 0 Å². The molecule has 0 radical (unpaired) electrons. The second-order valence-corrected chi connectivity index (χ2v) is 7.09. The minimum atomic E-state index is 0. The van der Waals surface area contributed by atoms with Crippen molar-refractivity contribution in [3.63, 3.8) is 0 Å². The zero-order valence-electron chi connectivity index (χ0n) is 17.0. The highest BCUT2D eigenvalue weighted by molar-refractivity contribution is 14.0. The third-order valence-corrected chi connectivity index (χ3v) is 4.93. The fourth-order valence-electron chi connectivity index (χ4n) is 3.26. The Morgan fingerprint density at radius 2 is 2.00 bits per heavy atom. The Bertz CT molecular complexity index is 571. The molecule has 1 atom stereocenters. The lowest BCUT2D eigenvalue weighted by molar-refractivity contribution is 0.0698. The van der Waals surface area contributed by atoms with Gasteiger partial charge in [0.15, 0.2) is 5.96 Å². The van der Waals surface area contributed by atoms with Gasteiger partial charge in [-0.25, -0.2) is 0 Å². The highest BCUT2D eigenvalue weighted by Gasteiger charge is 2.23. The highest BCUT2D eigenvalue weighted by Crippen LogP contribution is 2.26. The highest BCUT2D eigenvalue weighted by atomic mass is 127. The molecular formula is C20H34ClIN4O2. The van der Waals surface area contributed by atoms with E-state index in [0.717, 1.165) is 43.6 Å². The van der Waals surface area contributed by atoms with Gasteiger partial charge in [-0.1, -0.05) is 23.7 Å². The van der Waals surface area contributed by atoms with Crippen LogP contribution in [0.5, 0.6) is 0 Å². The molecular weight excluding hydrogens is 491 g/mol. The molecule has 0 bridgehead atoms. The third kappa shape index (κ3) is 9.26. The average Bonchev–Trinajstić information content (AvgIpc) is 3.20. The number of hydrogen-bond acceptors (Lipinski definition) is 4. The van der Waals surface area contributed by atoms with E-state index in [0.29, 0.717) is 25.9 Å². The molecule has 1 saturated heterocycles. The molecule has 0 aromatic heterocycles. The molecule has 2 N–H and O–H groups in total. The van der Waals surface area contributed by atoms with Crippen molar-refractivity contribution >= 4 is 41.5 Å². The average molecular weight is 525 g/mol. The van der Waals surface area contributed by atoms with Crippen LogP contribution in [-0.4, -0.2) is 71.0 Å². The summed E-state index contributed by atoms with van der Waals surface area (Å²) in [6, 6.07) is 8.47. The molecule has 0 spiro atoms. The van der Waals surface area contributed by atoms with Crippen molar-refractivity contribution in [2.75, 3.05) is 60.2 Å². The lowest BCUT2D eigenvalue weighted by Crippen LogP contribution is -2.43. The fraction of sp³-hybridized carbons (Fsp3) is 0.650. The molecule has 8 heteroatoms. The van der Waals surface area contributed by atoms with Gasteiger partial charge >= 0.3 is 0 Å². The summed E-state index contributed by atoms with van der Waals surface area (Å²) in [6.45, 7) is 5.86. The summed E-state index contributed by atoms with van der Waals surface area (Å²) >= 11 is 6.22. The smallest absolute Gasteiger partial charge is 0.191 e. The largest absolute Gasteiger partial charge is 0.382 e.